The van der Waals surface area contributed by atoms with Gasteiger partial charge in [0.05, 0.1) is 23.1 Å². The van der Waals surface area contributed by atoms with Crippen LogP contribution in [-0.4, -0.2) is 62.5 Å². The lowest BCUT2D eigenvalue weighted by Crippen LogP contribution is -2.48. The Morgan fingerprint density at radius 1 is 1.00 bits per heavy atom. The summed E-state index contributed by atoms with van der Waals surface area (Å²) in [5.41, 5.74) is 3.05. The molecule has 4 aromatic rings. The fraction of sp³-hybridized carbons (Fsp3) is 0.250. The van der Waals surface area contributed by atoms with Gasteiger partial charge < -0.3 is 19.3 Å². The number of aromatic nitrogens is 2. The second-order valence-corrected chi connectivity index (χ2v) is 9.23. The van der Waals surface area contributed by atoms with E-state index in [0.29, 0.717) is 44.0 Å². The number of carbonyl (C=O) groups excluding carboxylic acids is 1. The maximum Gasteiger partial charge on any atom is 0.335 e. The van der Waals surface area contributed by atoms with Gasteiger partial charge in [-0.2, -0.15) is 0 Å². The summed E-state index contributed by atoms with van der Waals surface area (Å²) in [7, 11) is 1.88. The lowest BCUT2D eigenvalue weighted by molar-refractivity contribution is 0.0623. The fourth-order valence-corrected chi connectivity index (χ4v) is 4.51. The molecule has 37 heavy (non-hydrogen) atoms. The molecule has 1 aliphatic heterocycles. The molecule has 9 heteroatoms. The Morgan fingerprint density at radius 3 is 2.51 bits per heavy atom. The molecule has 1 N–H and O–H groups in total. The topological polar surface area (TPSA) is 87.9 Å². The summed E-state index contributed by atoms with van der Waals surface area (Å²) in [5, 5.41) is 9.26. The largest absolute Gasteiger partial charge is 0.478 e. The molecule has 0 radical (unpaired) electrons. The van der Waals surface area contributed by atoms with E-state index < -0.39 is 11.8 Å². The minimum atomic E-state index is -0.968. The summed E-state index contributed by atoms with van der Waals surface area (Å²) in [5.74, 6) is -0.158. The van der Waals surface area contributed by atoms with Gasteiger partial charge in [0, 0.05) is 38.8 Å². The number of aromatic carboxylic acids is 1. The minimum Gasteiger partial charge on any atom is -0.478 e. The van der Waals surface area contributed by atoms with Crippen molar-refractivity contribution in [2.24, 2.45) is 7.05 Å². The highest BCUT2D eigenvalue weighted by molar-refractivity contribution is 5.95. The van der Waals surface area contributed by atoms with Crippen molar-refractivity contribution in [2.75, 3.05) is 26.2 Å². The highest BCUT2D eigenvalue weighted by Gasteiger charge is 2.24. The average molecular weight is 503 g/mol. The van der Waals surface area contributed by atoms with Crippen LogP contribution in [-0.2, 0) is 13.6 Å². The number of amides is 1. The smallest absolute Gasteiger partial charge is 0.335 e. The van der Waals surface area contributed by atoms with Gasteiger partial charge in [-0.1, -0.05) is 12.1 Å². The quantitative estimate of drug-likeness (QED) is 0.419. The predicted molar refractivity (Wildman–Crippen MR) is 137 cm³/mol. The number of carbonyl (C=O) groups is 2. The zero-order valence-corrected chi connectivity index (χ0v) is 20.6. The number of fused-ring (bicyclic) bond motifs is 1. The molecule has 8 nitrogen and oxygen atoms in total. The molecule has 0 spiro atoms. The molecule has 0 unspecified atom stereocenters. The van der Waals surface area contributed by atoms with E-state index >= 15 is 0 Å². The summed E-state index contributed by atoms with van der Waals surface area (Å²) < 4.78 is 21.8. The van der Waals surface area contributed by atoms with E-state index in [2.05, 4.69) is 9.88 Å². The number of hydrogen-bond donors (Lipinski definition) is 1. The molecule has 190 valence electrons. The van der Waals surface area contributed by atoms with Crippen molar-refractivity contribution in [3.8, 4) is 11.5 Å². The summed E-state index contributed by atoms with van der Waals surface area (Å²) >= 11 is 0. The molecular formula is C28H27FN4O4. The second kappa shape index (κ2) is 10.0. The van der Waals surface area contributed by atoms with Crippen molar-refractivity contribution in [3.05, 3.63) is 89.0 Å². The molecule has 1 saturated heterocycles. The van der Waals surface area contributed by atoms with Crippen LogP contribution in [0.2, 0.25) is 0 Å². The third-order valence-electron chi connectivity index (χ3n) is 6.64. The van der Waals surface area contributed by atoms with Crippen LogP contribution in [0.25, 0.3) is 11.0 Å². The molecule has 0 saturated carbocycles. The van der Waals surface area contributed by atoms with Crippen molar-refractivity contribution >= 4 is 22.9 Å². The van der Waals surface area contributed by atoms with Gasteiger partial charge in [0.15, 0.2) is 11.6 Å². The number of carboxylic acid groups (broad SMARTS) is 1. The van der Waals surface area contributed by atoms with Crippen LogP contribution in [0.5, 0.6) is 11.5 Å². The maximum absolute atomic E-state index is 14.2. The van der Waals surface area contributed by atoms with Gasteiger partial charge in [0.25, 0.3) is 5.91 Å². The second-order valence-electron chi connectivity index (χ2n) is 9.23. The molecule has 5 rings (SSSR count). The number of piperazine rings is 1. The molecule has 0 atom stereocenters. The monoisotopic (exact) mass is 502 g/mol. The minimum absolute atomic E-state index is 0.0987. The van der Waals surface area contributed by atoms with Crippen molar-refractivity contribution in [1.29, 1.82) is 0 Å². The van der Waals surface area contributed by atoms with Crippen LogP contribution in [0.4, 0.5) is 4.39 Å². The zero-order valence-electron chi connectivity index (χ0n) is 20.6. The van der Waals surface area contributed by atoms with E-state index in [9.17, 15) is 19.1 Å². The van der Waals surface area contributed by atoms with E-state index in [0.717, 1.165) is 22.4 Å². The number of ether oxygens (including phenoxy) is 1. The van der Waals surface area contributed by atoms with Gasteiger partial charge in [-0.25, -0.2) is 14.2 Å². The normalized spacial score (nSPS) is 14.2. The Bertz CT molecular complexity index is 1490. The van der Waals surface area contributed by atoms with E-state index in [1.807, 2.05) is 11.6 Å². The molecule has 1 fully saturated rings. The van der Waals surface area contributed by atoms with Crippen molar-refractivity contribution in [1.82, 2.24) is 19.4 Å². The summed E-state index contributed by atoms with van der Waals surface area (Å²) in [6, 6.07) is 16.5. The van der Waals surface area contributed by atoms with Crippen LogP contribution >= 0.6 is 0 Å². The van der Waals surface area contributed by atoms with Gasteiger partial charge in [-0.05, 0) is 61.0 Å². The summed E-state index contributed by atoms with van der Waals surface area (Å²) in [6.45, 7) is 4.88. The van der Waals surface area contributed by atoms with Gasteiger partial charge in [0.2, 0.25) is 0 Å². The standard InChI is InChI=1S/C28H27FN4O4/c1-18-6-9-25(22(29)14-18)37-21-5-3-4-19(15-21)27(34)33-12-10-32(11-13-33)17-26-30-23-8-7-20(28(35)36)16-24(23)31(26)2/h3-9,14-16H,10-13,17H2,1-2H3,(H,35,36). The molecule has 1 amide bonds. The Morgan fingerprint density at radius 2 is 1.78 bits per heavy atom. The molecule has 0 bridgehead atoms. The lowest BCUT2D eigenvalue weighted by Gasteiger charge is -2.34. The van der Waals surface area contributed by atoms with E-state index in [1.165, 1.54) is 6.07 Å². The Balaban J connectivity index is 1.22. The number of hydrogen-bond acceptors (Lipinski definition) is 5. The van der Waals surface area contributed by atoms with Gasteiger partial charge in [-0.3, -0.25) is 9.69 Å². The third-order valence-corrected chi connectivity index (χ3v) is 6.64. The van der Waals surface area contributed by atoms with Crippen LogP contribution < -0.4 is 4.74 Å². The highest BCUT2D eigenvalue weighted by atomic mass is 19.1. The van der Waals surface area contributed by atoms with Crippen LogP contribution in [0, 0.1) is 12.7 Å². The molecule has 2 heterocycles. The van der Waals surface area contributed by atoms with Crippen LogP contribution in [0.15, 0.2) is 60.7 Å². The molecule has 1 aromatic heterocycles. The first-order valence-electron chi connectivity index (χ1n) is 12.0. The summed E-state index contributed by atoms with van der Waals surface area (Å²) in [6.07, 6.45) is 0. The summed E-state index contributed by atoms with van der Waals surface area (Å²) in [4.78, 5) is 33.2. The first-order valence-corrected chi connectivity index (χ1v) is 12.0. The number of rotatable bonds is 6. The first-order chi connectivity index (χ1) is 17.8. The number of nitrogens with zero attached hydrogens (tertiary/aromatic N) is 4. The molecule has 0 aliphatic carbocycles. The molecule has 1 aliphatic rings. The van der Waals surface area contributed by atoms with E-state index in [-0.39, 0.29) is 17.2 Å². The Labute approximate surface area is 213 Å². The van der Waals surface area contributed by atoms with Gasteiger partial charge in [0.1, 0.15) is 11.6 Å². The number of carboxylic acids is 1. The third kappa shape index (κ3) is 5.17. The van der Waals surface area contributed by atoms with Crippen LogP contribution in [0.3, 0.4) is 0 Å². The van der Waals surface area contributed by atoms with E-state index in [1.54, 1.807) is 66.4 Å². The fourth-order valence-electron chi connectivity index (χ4n) is 4.51. The Kier molecular flexibility index (Phi) is 6.62. The van der Waals surface area contributed by atoms with Gasteiger partial charge in [-0.15, -0.1) is 0 Å². The predicted octanol–water partition coefficient (Wildman–Crippen LogP) is 4.47. The molecular weight excluding hydrogens is 475 g/mol. The van der Waals surface area contributed by atoms with Crippen LogP contribution in [0.1, 0.15) is 32.1 Å². The van der Waals surface area contributed by atoms with Crippen molar-refractivity contribution < 1.29 is 23.8 Å². The number of benzene rings is 3. The first kappa shape index (κ1) is 24.5. The maximum atomic E-state index is 14.2. The number of imidazole rings is 1. The number of halogens is 1. The van der Waals surface area contributed by atoms with Gasteiger partial charge >= 0.3 is 5.97 Å². The highest BCUT2D eigenvalue weighted by Crippen LogP contribution is 2.26. The number of aryl methyl sites for hydroxylation is 2. The van der Waals surface area contributed by atoms with Crippen molar-refractivity contribution in [2.45, 2.75) is 13.5 Å². The Hall–Kier alpha value is -4.24. The average Bonchev–Trinajstić information content (AvgIpc) is 3.20. The van der Waals surface area contributed by atoms with Crippen molar-refractivity contribution in [3.63, 3.8) is 0 Å². The molecule has 3 aromatic carbocycles. The zero-order chi connectivity index (χ0) is 26.1. The SMILES string of the molecule is Cc1ccc(Oc2cccc(C(=O)N3CCN(Cc4nc5ccc(C(=O)O)cc5n4C)CC3)c2)c(F)c1. The lowest BCUT2D eigenvalue weighted by atomic mass is 10.1. The van der Waals surface area contributed by atoms with E-state index in [4.69, 9.17) is 4.74 Å².